The highest BCUT2D eigenvalue weighted by Gasteiger charge is 2.51. The molecule has 0 N–H and O–H groups in total. The number of rotatable bonds is 3. The van der Waals surface area contributed by atoms with Gasteiger partial charge in [-0.1, -0.05) is 133 Å². The number of nitrogens with zero attached hydrogens (tertiary/aromatic N) is 2. The maximum atomic E-state index is 14.2. The summed E-state index contributed by atoms with van der Waals surface area (Å²) in [7, 11) is 0. The molecule has 0 unspecified atom stereocenters. The van der Waals surface area contributed by atoms with Gasteiger partial charge in [-0.25, -0.2) is 4.98 Å². The lowest BCUT2D eigenvalue weighted by atomic mass is 9.68. The Hall–Kier alpha value is -4.28. The zero-order valence-corrected chi connectivity index (χ0v) is 26.4. The lowest BCUT2D eigenvalue weighted by Crippen LogP contribution is -2.38. The summed E-state index contributed by atoms with van der Waals surface area (Å²) in [4.78, 5) is 22.1. The Balaban J connectivity index is 1.65. The van der Waals surface area contributed by atoms with Gasteiger partial charge < -0.3 is 4.57 Å². The van der Waals surface area contributed by atoms with Gasteiger partial charge in [-0.3, -0.25) is 4.79 Å². The van der Waals surface area contributed by atoms with Crippen molar-refractivity contribution < 1.29 is 4.79 Å². The molecule has 0 radical (unpaired) electrons. The predicted molar refractivity (Wildman–Crippen MR) is 179 cm³/mol. The van der Waals surface area contributed by atoms with Crippen LogP contribution in [0.25, 0.3) is 44.3 Å². The molecular formula is C39H36N2OS. The van der Waals surface area contributed by atoms with E-state index < -0.39 is 5.54 Å². The molecule has 0 bridgehead atoms. The van der Waals surface area contributed by atoms with Crippen molar-refractivity contribution in [3.63, 3.8) is 0 Å². The quantitative estimate of drug-likeness (QED) is 0.213. The first-order chi connectivity index (χ1) is 20.5. The number of fused-ring (bicyclic) bond motifs is 5. The minimum Gasteiger partial charge on any atom is -0.305 e. The van der Waals surface area contributed by atoms with E-state index in [-0.39, 0.29) is 16.6 Å². The monoisotopic (exact) mass is 580 g/mol. The van der Waals surface area contributed by atoms with Crippen molar-refractivity contribution in [2.75, 3.05) is 0 Å². The summed E-state index contributed by atoms with van der Waals surface area (Å²) in [5.41, 5.74) is 6.83. The molecule has 4 heteroatoms. The molecule has 2 aliphatic rings. The number of carbonyl (C=O) groups excluding carboxylic acids is 1. The zero-order valence-electron chi connectivity index (χ0n) is 25.6. The molecule has 0 amide bonds. The van der Waals surface area contributed by atoms with Crippen LogP contribution in [0.2, 0.25) is 0 Å². The molecule has 0 saturated heterocycles. The molecule has 0 fully saturated rings. The second-order valence-corrected chi connectivity index (χ2v) is 14.7. The van der Waals surface area contributed by atoms with E-state index in [1.165, 1.54) is 15.3 Å². The number of imidazole rings is 1. The third kappa shape index (κ3) is 4.31. The maximum absolute atomic E-state index is 14.2. The summed E-state index contributed by atoms with van der Waals surface area (Å²) < 4.78 is 2.42. The number of Topliss-reactive ketones (excluding diaryl/α,β-unsaturated/α-hetero) is 1. The Kier molecular flexibility index (Phi) is 6.16. The Morgan fingerprint density at radius 2 is 1.16 bits per heavy atom. The van der Waals surface area contributed by atoms with Gasteiger partial charge in [0.05, 0.1) is 16.3 Å². The molecule has 2 aromatic heterocycles. The highest BCUT2D eigenvalue weighted by Crippen LogP contribution is 2.58. The second-order valence-electron chi connectivity index (χ2n) is 13.7. The second kappa shape index (κ2) is 9.62. The first kappa shape index (κ1) is 27.5. The fourth-order valence-corrected chi connectivity index (χ4v) is 7.74. The standard InChI is InChI=1S/C39H36N2OS/c1-37(2,3)29-23-39(24-30(34(29)42)38(4,5)6)35-28(22-31(43-35)25-16-10-7-11-17-25)36-40-32(26-18-12-8-13-19-26)33(41(36)39)27-20-14-9-15-21-27/h7-24H,1-6H3. The van der Waals surface area contributed by atoms with Gasteiger partial charge in [0.25, 0.3) is 0 Å². The molecule has 0 saturated carbocycles. The van der Waals surface area contributed by atoms with Crippen LogP contribution in [-0.2, 0) is 10.3 Å². The number of thiophene rings is 1. The van der Waals surface area contributed by atoms with Crippen LogP contribution >= 0.6 is 11.3 Å². The van der Waals surface area contributed by atoms with E-state index in [2.05, 4.69) is 149 Å². The van der Waals surface area contributed by atoms with Crippen molar-refractivity contribution >= 4 is 17.1 Å². The first-order valence-electron chi connectivity index (χ1n) is 14.9. The third-order valence-corrected chi connectivity index (χ3v) is 9.90. The van der Waals surface area contributed by atoms with E-state index in [0.717, 1.165) is 45.0 Å². The van der Waals surface area contributed by atoms with E-state index in [0.29, 0.717) is 0 Å². The van der Waals surface area contributed by atoms with Gasteiger partial charge in [-0.15, -0.1) is 11.3 Å². The van der Waals surface area contributed by atoms with Gasteiger partial charge in [0.1, 0.15) is 11.4 Å². The van der Waals surface area contributed by atoms with E-state index in [1.54, 1.807) is 0 Å². The molecular weight excluding hydrogens is 545 g/mol. The summed E-state index contributed by atoms with van der Waals surface area (Å²) in [6.07, 6.45) is 4.52. The van der Waals surface area contributed by atoms with Gasteiger partial charge in [0, 0.05) is 32.7 Å². The van der Waals surface area contributed by atoms with E-state index in [1.807, 2.05) is 17.4 Å². The van der Waals surface area contributed by atoms with Crippen LogP contribution in [-0.4, -0.2) is 15.3 Å². The summed E-state index contributed by atoms with van der Waals surface area (Å²) in [5, 5.41) is 0. The number of ketones is 1. The average Bonchev–Trinajstić information content (AvgIpc) is 3.66. The van der Waals surface area contributed by atoms with Crippen molar-refractivity contribution in [2.24, 2.45) is 10.8 Å². The minimum atomic E-state index is -0.702. The Bertz CT molecular complexity index is 1890. The maximum Gasteiger partial charge on any atom is 0.185 e. The number of aromatic nitrogens is 2. The lowest BCUT2D eigenvalue weighted by Gasteiger charge is -2.39. The van der Waals surface area contributed by atoms with Crippen molar-refractivity contribution in [1.82, 2.24) is 9.55 Å². The number of hydrogen-bond donors (Lipinski definition) is 0. The fourth-order valence-electron chi connectivity index (χ4n) is 6.45. The van der Waals surface area contributed by atoms with E-state index in [9.17, 15) is 4.79 Å². The summed E-state index contributed by atoms with van der Waals surface area (Å²) in [6, 6.07) is 33.9. The Morgan fingerprint density at radius 3 is 1.67 bits per heavy atom. The smallest absolute Gasteiger partial charge is 0.185 e. The number of hydrogen-bond acceptors (Lipinski definition) is 3. The van der Waals surface area contributed by atoms with Gasteiger partial charge in [0.15, 0.2) is 5.78 Å². The van der Waals surface area contributed by atoms with Crippen molar-refractivity contribution in [3.05, 3.63) is 125 Å². The summed E-state index contributed by atoms with van der Waals surface area (Å²) >= 11 is 1.81. The molecule has 1 spiro atoms. The number of carbonyl (C=O) groups is 1. The normalized spacial score (nSPS) is 15.7. The number of benzene rings is 3. The molecule has 1 aliphatic heterocycles. The molecule has 3 nitrogen and oxygen atoms in total. The van der Waals surface area contributed by atoms with Crippen molar-refractivity contribution in [3.8, 4) is 44.3 Å². The van der Waals surface area contributed by atoms with Crippen LogP contribution in [0.3, 0.4) is 0 Å². The summed E-state index contributed by atoms with van der Waals surface area (Å²) in [6.45, 7) is 12.9. The largest absolute Gasteiger partial charge is 0.305 e. The highest BCUT2D eigenvalue weighted by molar-refractivity contribution is 7.16. The molecule has 5 aromatic rings. The Labute approximate surface area is 258 Å². The van der Waals surface area contributed by atoms with Crippen molar-refractivity contribution in [2.45, 2.75) is 47.1 Å². The van der Waals surface area contributed by atoms with Gasteiger partial charge in [-0.05, 0) is 34.6 Å². The average molecular weight is 581 g/mol. The molecule has 3 heterocycles. The molecule has 0 atom stereocenters. The van der Waals surface area contributed by atoms with Crippen LogP contribution in [0, 0.1) is 10.8 Å². The predicted octanol–water partition coefficient (Wildman–Crippen LogP) is 10.2. The van der Waals surface area contributed by atoms with Crippen LogP contribution in [0.5, 0.6) is 0 Å². The van der Waals surface area contributed by atoms with E-state index >= 15 is 0 Å². The van der Waals surface area contributed by atoms with E-state index in [4.69, 9.17) is 4.98 Å². The van der Waals surface area contributed by atoms with Gasteiger partial charge in [0.2, 0.25) is 0 Å². The first-order valence-corrected chi connectivity index (χ1v) is 15.8. The molecule has 214 valence electrons. The zero-order chi connectivity index (χ0) is 30.1. The fraction of sp³-hybridized carbons (Fsp3) is 0.231. The Morgan fingerprint density at radius 1 is 0.674 bits per heavy atom. The molecule has 3 aromatic carbocycles. The van der Waals surface area contributed by atoms with Gasteiger partial charge in [-0.2, -0.15) is 0 Å². The third-order valence-electron chi connectivity index (χ3n) is 8.57. The molecule has 43 heavy (non-hydrogen) atoms. The van der Waals surface area contributed by atoms with Crippen LogP contribution < -0.4 is 0 Å². The van der Waals surface area contributed by atoms with Crippen LogP contribution in [0.15, 0.2) is 120 Å². The van der Waals surface area contributed by atoms with Crippen LogP contribution in [0.1, 0.15) is 46.4 Å². The highest BCUT2D eigenvalue weighted by atomic mass is 32.1. The molecule has 7 rings (SSSR count). The van der Waals surface area contributed by atoms with Crippen LogP contribution in [0.4, 0.5) is 0 Å². The summed E-state index contributed by atoms with van der Waals surface area (Å²) in [5.74, 6) is 1.08. The molecule has 1 aliphatic carbocycles. The number of allylic oxidation sites excluding steroid dienone is 4. The SMILES string of the molecule is CC(C)(C)C1=CC2(C=C(C(C)(C)C)C1=O)c1sc(-c3ccccc3)cc1-c1nc(-c3ccccc3)c(-c3ccccc3)n12. The minimum absolute atomic E-state index is 0.144. The topological polar surface area (TPSA) is 34.9 Å². The lowest BCUT2D eigenvalue weighted by molar-refractivity contribution is -0.114. The van der Waals surface area contributed by atoms with Crippen molar-refractivity contribution in [1.29, 1.82) is 0 Å². The van der Waals surface area contributed by atoms with Gasteiger partial charge >= 0.3 is 0 Å².